The molecule has 59 heavy (non-hydrogen) atoms. The number of carbonyl (C=O) groups is 2. The summed E-state index contributed by atoms with van der Waals surface area (Å²) in [6, 6.07) is 23.4. The first kappa shape index (κ1) is 38.7. The Morgan fingerprint density at radius 2 is 1.61 bits per heavy atom. The van der Waals surface area contributed by atoms with E-state index in [2.05, 4.69) is 21.6 Å². The number of benzene rings is 4. The van der Waals surface area contributed by atoms with Gasteiger partial charge in [-0.1, -0.05) is 30.3 Å². The summed E-state index contributed by atoms with van der Waals surface area (Å²) in [5, 5.41) is 10.1. The van der Waals surface area contributed by atoms with E-state index >= 15 is 9.59 Å². The van der Waals surface area contributed by atoms with Crippen molar-refractivity contribution in [1.29, 1.82) is 0 Å². The maximum atomic E-state index is 15.2. The third-order valence-corrected chi connectivity index (χ3v) is 12.1. The zero-order valence-electron chi connectivity index (χ0n) is 32.8. The van der Waals surface area contributed by atoms with Crippen LogP contribution in [0.25, 0.3) is 11.3 Å². The third-order valence-electron chi connectivity index (χ3n) is 12.1. The fourth-order valence-corrected chi connectivity index (χ4v) is 8.92. The van der Waals surface area contributed by atoms with Crippen LogP contribution in [0.5, 0.6) is 17.2 Å². The van der Waals surface area contributed by atoms with Crippen LogP contribution in [0.3, 0.4) is 0 Å². The van der Waals surface area contributed by atoms with Gasteiger partial charge in [-0.15, -0.1) is 0 Å². The van der Waals surface area contributed by atoms with Crippen LogP contribution in [0.15, 0.2) is 84.9 Å². The van der Waals surface area contributed by atoms with Crippen LogP contribution < -0.4 is 14.4 Å². The lowest BCUT2D eigenvalue weighted by Gasteiger charge is -2.40. The molecule has 10 nitrogen and oxygen atoms in total. The molecule has 1 unspecified atom stereocenters. The van der Waals surface area contributed by atoms with Crippen molar-refractivity contribution < 1.29 is 42.1 Å². The fourth-order valence-electron chi connectivity index (χ4n) is 8.92. The molecule has 4 aliphatic heterocycles. The number of halogens is 3. The third kappa shape index (κ3) is 7.65. The van der Waals surface area contributed by atoms with Crippen LogP contribution in [-0.2, 0) is 43.4 Å². The average Bonchev–Trinajstić information content (AvgIpc) is 3.87. The summed E-state index contributed by atoms with van der Waals surface area (Å²) in [5.74, 6) is 0.506. The number of hydrogen-bond donors (Lipinski definition) is 1. The summed E-state index contributed by atoms with van der Waals surface area (Å²) in [5.41, 5.74) is 6.01. The number of carbonyl (C=O) groups excluding carboxylic acids is 2. The highest BCUT2D eigenvalue weighted by Crippen LogP contribution is 2.43. The quantitative estimate of drug-likeness (QED) is 0.170. The number of amides is 2. The number of aryl methyl sites for hydroxylation is 1. The summed E-state index contributed by atoms with van der Waals surface area (Å²) in [7, 11) is 0. The van der Waals surface area contributed by atoms with E-state index in [0.717, 1.165) is 49.3 Å². The number of ether oxygens (including phenoxy) is 3. The van der Waals surface area contributed by atoms with Gasteiger partial charge in [-0.3, -0.25) is 14.5 Å². The van der Waals surface area contributed by atoms with Crippen molar-refractivity contribution in [2.24, 2.45) is 0 Å². The van der Waals surface area contributed by atoms with E-state index in [9.17, 15) is 18.3 Å². The molecule has 13 heteroatoms. The van der Waals surface area contributed by atoms with Crippen molar-refractivity contribution in [2.45, 2.75) is 64.5 Å². The fraction of sp³-hybridized carbons (Fsp3) is 0.348. The maximum Gasteiger partial charge on any atom is 0.416 e. The Hall–Kier alpha value is -5.79. The molecular formula is C46H45F3N4O6. The molecule has 4 aliphatic rings. The number of phenols is 1. The number of nitrogens with zero attached hydrogens (tertiary/aromatic N) is 4. The number of phenolic OH excluding ortho intramolecular Hbond substituents is 1. The average molecular weight is 807 g/mol. The van der Waals surface area contributed by atoms with E-state index in [-0.39, 0.29) is 36.9 Å². The zero-order chi connectivity index (χ0) is 40.8. The van der Waals surface area contributed by atoms with Gasteiger partial charge in [0.05, 0.1) is 36.4 Å². The molecule has 1 fully saturated rings. The van der Waals surface area contributed by atoms with Crippen LogP contribution in [-0.4, -0.2) is 77.0 Å². The normalized spacial score (nSPS) is 17.7. The lowest BCUT2D eigenvalue weighted by Crippen LogP contribution is -2.52. The molecule has 5 heterocycles. The first-order chi connectivity index (χ1) is 28.5. The SMILES string of the molecule is Cc1cc(C(F)(F)F)ccc1CN(C(=O)c1cc(-c2cc3c(cc2C(=O)N2Cc4ccccc4CC2CN2CCOCC2)OCO3)n2c1CCCC2)c1ccc(O)cc1. The molecule has 1 N–H and O–H groups in total. The van der Waals surface area contributed by atoms with E-state index in [0.29, 0.717) is 96.4 Å². The maximum absolute atomic E-state index is 15.2. The predicted octanol–water partition coefficient (Wildman–Crippen LogP) is 8.00. The van der Waals surface area contributed by atoms with E-state index in [1.807, 2.05) is 29.2 Å². The Morgan fingerprint density at radius 3 is 2.36 bits per heavy atom. The minimum absolute atomic E-state index is 0.0116. The molecular weight excluding hydrogens is 762 g/mol. The highest BCUT2D eigenvalue weighted by Gasteiger charge is 2.36. The van der Waals surface area contributed by atoms with Crippen LogP contribution >= 0.6 is 0 Å². The summed E-state index contributed by atoms with van der Waals surface area (Å²) >= 11 is 0. The Bertz CT molecular complexity index is 2410. The number of hydrogen-bond acceptors (Lipinski definition) is 7. The zero-order valence-corrected chi connectivity index (χ0v) is 32.8. The van der Waals surface area contributed by atoms with Crippen LogP contribution in [0, 0.1) is 6.92 Å². The Morgan fingerprint density at radius 1 is 0.864 bits per heavy atom. The Kier molecular flexibility index (Phi) is 10.3. The molecule has 5 aromatic rings. The van der Waals surface area contributed by atoms with Gasteiger partial charge in [0.25, 0.3) is 11.8 Å². The summed E-state index contributed by atoms with van der Waals surface area (Å²) in [4.78, 5) is 36.1. The van der Waals surface area contributed by atoms with Gasteiger partial charge in [0, 0.05) is 61.4 Å². The topological polar surface area (TPSA) is 96.7 Å². The van der Waals surface area contributed by atoms with Crippen molar-refractivity contribution in [3.63, 3.8) is 0 Å². The summed E-state index contributed by atoms with van der Waals surface area (Å²) in [6.07, 6.45) is -1.46. The molecule has 2 amide bonds. The van der Waals surface area contributed by atoms with Gasteiger partial charge >= 0.3 is 6.18 Å². The number of fused-ring (bicyclic) bond motifs is 3. The largest absolute Gasteiger partial charge is 0.508 e. The standard InChI is InChI=1S/C46H45F3N4O6/c1-29-20-33(46(47,48)49)10-9-31(29)25-52(34-11-13-36(54)14-12-34)45(56)39-22-41(51-15-5-4-8-40(39)51)37-23-42-43(59-28-58-42)24-38(37)44(55)53-26-32-7-3-2-6-30(32)21-35(53)27-50-16-18-57-19-17-50/h2-3,6-7,9-14,20,22-24,35,54H,4-5,8,15-19,21,25-28H2,1H3. The second-order valence-electron chi connectivity index (χ2n) is 15.8. The molecule has 4 aromatic carbocycles. The number of aromatic hydroxyl groups is 1. The lowest BCUT2D eigenvalue weighted by atomic mass is 9.92. The molecule has 0 aliphatic carbocycles. The molecule has 1 atom stereocenters. The lowest BCUT2D eigenvalue weighted by molar-refractivity contribution is -0.137. The first-order valence-electron chi connectivity index (χ1n) is 20.1. The second kappa shape index (κ2) is 15.8. The molecule has 1 saturated heterocycles. The molecule has 0 bridgehead atoms. The van der Waals surface area contributed by atoms with Crippen LogP contribution in [0.4, 0.5) is 18.9 Å². The van der Waals surface area contributed by atoms with Gasteiger partial charge in [-0.2, -0.15) is 13.2 Å². The molecule has 9 rings (SSSR count). The molecule has 306 valence electrons. The number of aromatic nitrogens is 1. The van der Waals surface area contributed by atoms with Gasteiger partial charge in [0.15, 0.2) is 11.5 Å². The van der Waals surface area contributed by atoms with Gasteiger partial charge in [0.2, 0.25) is 6.79 Å². The number of anilines is 1. The summed E-state index contributed by atoms with van der Waals surface area (Å²) in [6.45, 7) is 6.26. The highest BCUT2D eigenvalue weighted by molar-refractivity contribution is 6.09. The van der Waals surface area contributed by atoms with Gasteiger partial charge in [-0.25, -0.2) is 0 Å². The van der Waals surface area contributed by atoms with Crippen LogP contribution in [0.2, 0.25) is 0 Å². The predicted molar refractivity (Wildman–Crippen MR) is 215 cm³/mol. The monoisotopic (exact) mass is 806 g/mol. The van der Waals surface area contributed by atoms with E-state index in [4.69, 9.17) is 14.2 Å². The van der Waals surface area contributed by atoms with E-state index < -0.39 is 11.7 Å². The van der Waals surface area contributed by atoms with E-state index in [1.54, 1.807) is 25.1 Å². The minimum Gasteiger partial charge on any atom is -0.508 e. The van der Waals surface area contributed by atoms with Gasteiger partial charge in [-0.05, 0) is 109 Å². The summed E-state index contributed by atoms with van der Waals surface area (Å²) < 4.78 is 60.3. The number of morpholine rings is 1. The van der Waals surface area contributed by atoms with Crippen molar-refractivity contribution in [3.05, 3.63) is 130 Å². The number of rotatable bonds is 8. The van der Waals surface area contributed by atoms with Crippen LogP contribution in [0.1, 0.15) is 67.1 Å². The van der Waals surface area contributed by atoms with E-state index in [1.165, 1.54) is 28.7 Å². The first-order valence-corrected chi connectivity index (χ1v) is 20.1. The Labute approximate surface area is 340 Å². The van der Waals surface area contributed by atoms with Gasteiger partial charge in [0.1, 0.15) is 5.75 Å². The second-order valence-corrected chi connectivity index (χ2v) is 15.8. The Balaban J connectivity index is 1.13. The smallest absolute Gasteiger partial charge is 0.416 e. The van der Waals surface area contributed by atoms with Crippen molar-refractivity contribution in [2.75, 3.05) is 44.5 Å². The minimum atomic E-state index is -4.51. The molecule has 0 saturated carbocycles. The van der Waals surface area contributed by atoms with Crippen molar-refractivity contribution in [1.82, 2.24) is 14.4 Å². The number of alkyl halides is 3. The molecule has 0 spiro atoms. The van der Waals surface area contributed by atoms with Crippen molar-refractivity contribution >= 4 is 17.5 Å². The highest BCUT2D eigenvalue weighted by atomic mass is 19.4. The molecule has 1 aromatic heterocycles. The van der Waals surface area contributed by atoms with Crippen molar-refractivity contribution in [3.8, 4) is 28.5 Å². The van der Waals surface area contributed by atoms with Gasteiger partial charge < -0.3 is 33.7 Å². The molecule has 0 radical (unpaired) electrons.